The molecule has 0 aliphatic carbocycles. The molecule has 0 atom stereocenters. The number of hydrogen-bond donors (Lipinski definition) is 2. The Morgan fingerprint density at radius 3 is 2.65 bits per heavy atom. The van der Waals surface area contributed by atoms with E-state index >= 15 is 0 Å². The Hall–Kier alpha value is -1.64. The summed E-state index contributed by atoms with van der Waals surface area (Å²) >= 11 is 10.8. The number of anilines is 1. The molecule has 0 saturated heterocycles. The van der Waals surface area contributed by atoms with E-state index in [1.807, 2.05) is 0 Å². The molecule has 0 aliphatic heterocycles. The topological polar surface area (TPSA) is 90.0 Å². The maximum Gasteiger partial charge on any atom is 0.264 e. The van der Waals surface area contributed by atoms with Crippen LogP contribution in [-0.2, 0) is 17.1 Å². The van der Waals surface area contributed by atoms with E-state index in [-0.39, 0.29) is 14.9 Å². The molecular weight excluding hydrogens is 320 g/mol. The minimum atomic E-state index is -3.81. The van der Waals surface area contributed by atoms with E-state index in [1.165, 1.54) is 35.1 Å². The first-order chi connectivity index (χ1) is 9.31. The zero-order valence-corrected chi connectivity index (χ0v) is 12.8. The van der Waals surface area contributed by atoms with Crippen LogP contribution in [0, 0.1) is 0 Å². The molecule has 2 rings (SSSR count). The normalized spacial score (nSPS) is 11.3. The second kappa shape index (κ2) is 5.39. The third kappa shape index (κ3) is 2.92. The smallest absolute Gasteiger partial charge is 0.264 e. The van der Waals surface area contributed by atoms with Crippen molar-refractivity contribution in [3.05, 3.63) is 41.0 Å². The molecule has 0 unspecified atom stereocenters. The molecule has 20 heavy (non-hydrogen) atoms. The van der Waals surface area contributed by atoms with Gasteiger partial charge in [-0.15, -0.1) is 0 Å². The molecule has 3 N–H and O–H groups in total. The second-order valence-corrected chi connectivity index (χ2v) is 6.45. The fourth-order valence-corrected chi connectivity index (χ4v) is 3.30. The lowest BCUT2D eigenvalue weighted by atomic mass is 10.2. The highest BCUT2D eigenvalue weighted by Gasteiger charge is 2.19. The largest absolute Gasteiger partial charge is 0.389 e. The van der Waals surface area contributed by atoms with Gasteiger partial charge in [-0.2, -0.15) is 5.10 Å². The molecule has 0 fully saturated rings. The standard InChI is InChI=1S/C11H11ClN4O2S2/c1-16-10(4-5-14-16)15-20(17,18)9-3-2-7(11(13)19)6-8(9)12/h2-6,15H,1H3,(H2,13,19). The number of hydrogen-bond acceptors (Lipinski definition) is 4. The number of aryl methyl sites for hydroxylation is 1. The van der Waals surface area contributed by atoms with Crippen LogP contribution in [0.5, 0.6) is 0 Å². The number of nitrogens with two attached hydrogens (primary N) is 1. The van der Waals surface area contributed by atoms with Crippen LogP contribution in [0.3, 0.4) is 0 Å². The first-order valence-corrected chi connectivity index (χ1v) is 7.68. The summed E-state index contributed by atoms with van der Waals surface area (Å²) in [5, 5.41) is 3.92. The number of nitrogens with zero attached hydrogens (tertiary/aromatic N) is 2. The Labute approximate surface area is 126 Å². The minimum absolute atomic E-state index is 0.0463. The maximum atomic E-state index is 12.3. The number of sulfonamides is 1. The summed E-state index contributed by atoms with van der Waals surface area (Å²) in [4.78, 5) is 0.0933. The number of nitrogens with one attached hydrogen (secondary N) is 1. The van der Waals surface area contributed by atoms with Gasteiger partial charge < -0.3 is 5.73 Å². The monoisotopic (exact) mass is 330 g/mol. The third-order valence-electron chi connectivity index (χ3n) is 2.57. The van der Waals surface area contributed by atoms with E-state index in [9.17, 15) is 8.42 Å². The number of aromatic nitrogens is 2. The highest BCUT2D eigenvalue weighted by molar-refractivity contribution is 7.92. The van der Waals surface area contributed by atoms with Gasteiger partial charge in [-0.05, 0) is 12.1 Å². The van der Waals surface area contributed by atoms with Gasteiger partial charge >= 0.3 is 0 Å². The van der Waals surface area contributed by atoms with Crippen LogP contribution in [0.4, 0.5) is 5.82 Å². The molecule has 0 bridgehead atoms. The third-order valence-corrected chi connectivity index (χ3v) is 4.64. The number of thiocarbonyl (C=S) groups is 1. The van der Waals surface area contributed by atoms with Crippen LogP contribution in [0.2, 0.25) is 5.02 Å². The van der Waals surface area contributed by atoms with Crippen molar-refractivity contribution in [2.45, 2.75) is 4.90 Å². The van der Waals surface area contributed by atoms with Crippen LogP contribution < -0.4 is 10.5 Å². The summed E-state index contributed by atoms with van der Waals surface area (Å²) in [6, 6.07) is 5.82. The average Bonchev–Trinajstić information content (AvgIpc) is 2.73. The van der Waals surface area contributed by atoms with Gasteiger partial charge in [0.05, 0.1) is 11.2 Å². The molecule has 1 aromatic carbocycles. The summed E-state index contributed by atoms with van der Waals surface area (Å²) in [6.07, 6.45) is 1.48. The summed E-state index contributed by atoms with van der Waals surface area (Å²) in [7, 11) is -2.19. The van der Waals surface area contributed by atoms with Crippen LogP contribution in [-0.4, -0.2) is 23.2 Å². The number of halogens is 1. The molecular formula is C11H11ClN4O2S2. The fraction of sp³-hybridized carbons (Fsp3) is 0.0909. The first-order valence-electron chi connectivity index (χ1n) is 5.41. The maximum absolute atomic E-state index is 12.3. The molecule has 0 radical (unpaired) electrons. The van der Waals surface area contributed by atoms with Crippen molar-refractivity contribution in [3.63, 3.8) is 0 Å². The van der Waals surface area contributed by atoms with E-state index in [0.717, 1.165) is 0 Å². The van der Waals surface area contributed by atoms with E-state index in [4.69, 9.17) is 29.6 Å². The first kappa shape index (κ1) is 14.8. The summed E-state index contributed by atoms with van der Waals surface area (Å²) in [5.74, 6) is 0.333. The van der Waals surface area contributed by atoms with Gasteiger partial charge in [0, 0.05) is 18.7 Å². The Balaban J connectivity index is 2.40. The van der Waals surface area contributed by atoms with Gasteiger partial charge in [-0.3, -0.25) is 9.40 Å². The van der Waals surface area contributed by atoms with Crippen LogP contribution >= 0.6 is 23.8 Å². The van der Waals surface area contributed by atoms with Crippen molar-refractivity contribution in [2.75, 3.05) is 4.72 Å². The molecule has 9 heteroatoms. The van der Waals surface area contributed by atoms with Crippen molar-refractivity contribution in [1.29, 1.82) is 0 Å². The number of benzene rings is 1. The Bertz CT molecular complexity index is 770. The van der Waals surface area contributed by atoms with Gasteiger partial charge in [0.2, 0.25) is 0 Å². The quantitative estimate of drug-likeness (QED) is 0.829. The van der Waals surface area contributed by atoms with Gasteiger partial charge in [-0.25, -0.2) is 8.42 Å². The zero-order valence-electron chi connectivity index (χ0n) is 10.4. The van der Waals surface area contributed by atoms with Crippen molar-refractivity contribution < 1.29 is 8.42 Å². The molecule has 6 nitrogen and oxygen atoms in total. The predicted octanol–water partition coefficient (Wildman–Crippen LogP) is 1.51. The number of rotatable bonds is 4. The van der Waals surface area contributed by atoms with E-state index in [2.05, 4.69) is 9.82 Å². The lowest BCUT2D eigenvalue weighted by molar-refractivity contribution is 0.600. The van der Waals surface area contributed by atoms with Crippen molar-refractivity contribution >= 4 is 44.6 Å². The van der Waals surface area contributed by atoms with Crippen LogP contribution in [0.1, 0.15) is 5.56 Å². The van der Waals surface area contributed by atoms with Gasteiger partial charge in [0.25, 0.3) is 10.0 Å². The van der Waals surface area contributed by atoms with Gasteiger partial charge in [0.15, 0.2) is 0 Å². The lowest BCUT2D eigenvalue weighted by Gasteiger charge is -2.10. The Morgan fingerprint density at radius 1 is 1.45 bits per heavy atom. The van der Waals surface area contributed by atoms with Crippen LogP contribution in [0.25, 0.3) is 0 Å². The molecule has 0 spiro atoms. The minimum Gasteiger partial charge on any atom is -0.389 e. The molecule has 2 aromatic rings. The van der Waals surface area contributed by atoms with Crippen molar-refractivity contribution in [1.82, 2.24) is 9.78 Å². The molecule has 0 amide bonds. The van der Waals surface area contributed by atoms with E-state index < -0.39 is 10.0 Å². The summed E-state index contributed by atoms with van der Waals surface area (Å²) in [6.45, 7) is 0. The average molecular weight is 331 g/mol. The summed E-state index contributed by atoms with van der Waals surface area (Å²) in [5.41, 5.74) is 5.97. The molecule has 0 aliphatic rings. The summed E-state index contributed by atoms with van der Waals surface area (Å²) < 4.78 is 28.3. The zero-order chi connectivity index (χ0) is 14.9. The van der Waals surface area contributed by atoms with Crippen molar-refractivity contribution in [3.8, 4) is 0 Å². The molecule has 0 saturated carbocycles. The van der Waals surface area contributed by atoms with Crippen LogP contribution in [0.15, 0.2) is 35.4 Å². The van der Waals surface area contributed by atoms with Gasteiger partial charge in [0.1, 0.15) is 15.7 Å². The van der Waals surface area contributed by atoms with Crippen molar-refractivity contribution in [2.24, 2.45) is 12.8 Å². The molecule has 1 heterocycles. The molecule has 1 aromatic heterocycles. The van der Waals surface area contributed by atoms with E-state index in [1.54, 1.807) is 7.05 Å². The Kier molecular flexibility index (Phi) is 3.98. The SMILES string of the molecule is Cn1nccc1NS(=O)(=O)c1ccc(C(N)=S)cc1Cl. The Morgan fingerprint density at radius 2 is 2.15 bits per heavy atom. The highest BCUT2D eigenvalue weighted by atomic mass is 35.5. The van der Waals surface area contributed by atoms with Gasteiger partial charge in [-0.1, -0.05) is 29.9 Å². The lowest BCUT2D eigenvalue weighted by Crippen LogP contribution is -2.16. The van der Waals surface area contributed by atoms with E-state index in [0.29, 0.717) is 11.4 Å². The highest BCUT2D eigenvalue weighted by Crippen LogP contribution is 2.24. The predicted molar refractivity (Wildman–Crippen MR) is 81.4 cm³/mol. The second-order valence-electron chi connectivity index (χ2n) is 3.96. The fourth-order valence-electron chi connectivity index (χ4n) is 1.54. The molecule has 106 valence electrons.